The van der Waals surface area contributed by atoms with Crippen LogP contribution < -0.4 is 0 Å². The number of phosphoric ester groups is 2. The topological polar surface area (TPSA) is 231 Å². The second-order valence-electron chi connectivity index (χ2n) is 33.5. The molecule has 5 unspecified atom stereocenters. The van der Waals surface area contributed by atoms with Crippen LogP contribution in [-0.2, 0) is 55.8 Å². The van der Waals surface area contributed by atoms with E-state index in [2.05, 4.69) is 215 Å². The number of aliphatic hydroxyl groups is 2. The molecule has 0 saturated carbocycles. The van der Waals surface area contributed by atoms with Crippen molar-refractivity contribution in [3.05, 3.63) is 194 Å². The van der Waals surface area contributed by atoms with Gasteiger partial charge < -0.3 is 34.2 Å². The first-order chi connectivity index (χ1) is 62.2. The molecule has 0 saturated heterocycles. The third-order valence-corrected chi connectivity index (χ3v) is 23.2. The van der Waals surface area contributed by atoms with Crippen LogP contribution in [0, 0.1) is 0 Å². The minimum absolute atomic E-state index is 0.0706. The minimum Gasteiger partial charge on any atom is -0.463 e. The summed E-state index contributed by atoms with van der Waals surface area (Å²) in [5, 5.41) is 20.8. The van der Waals surface area contributed by atoms with E-state index in [9.17, 15) is 43.5 Å². The quantitative estimate of drug-likeness (QED) is 0.0146. The van der Waals surface area contributed by atoms with Gasteiger partial charge in [-0.1, -0.05) is 427 Å². The van der Waals surface area contributed by atoms with Crippen molar-refractivity contribution in [2.24, 2.45) is 0 Å². The molecule has 0 fully saturated rings. The highest BCUT2D eigenvalue weighted by molar-refractivity contribution is 7.47. The first-order valence-electron chi connectivity index (χ1n) is 50.7. The molecule has 0 bridgehead atoms. The summed E-state index contributed by atoms with van der Waals surface area (Å²) in [5.41, 5.74) is 0. The van der Waals surface area contributed by atoms with Gasteiger partial charge in [0.2, 0.25) is 0 Å². The van der Waals surface area contributed by atoms with Crippen molar-refractivity contribution in [1.82, 2.24) is 0 Å². The molecule has 0 spiro atoms. The number of hydrogen-bond acceptors (Lipinski definition) is 14. The van der Waals surface area contributed by atoms with E-state index in [0.29, 0.717) is 19.3 Å². The van der Waals surface area contributed by atoms with Crippen molar-refractivity contribution in [2.45, 2.75) is 437 Å². The average molecular weight is 1810 g/mol. The van der Waals surface area contributed by atoms with E-state index in [1.165, 1.54) is 199 Å². The van der Waals surface area contributed by atoms with Gasteiger partial charge in [-0.3, -0.25) is 32.5 Å². The lowest BCUT2D eigenvalue weighted by Gasteiger charge is -2.21. The first kappa shape index (κ1) is 121. The van der Waals surface area contributed by atoms with Crippen LogP contribution in [0.1, 0.15) is 419 Å². The van der Waals surface area contributed by atoms with Gasteiger partial charge in [0.1, 0.15) is 25.4 Å². The van der Waals surface area contributed by atoms with E-state index in [1.54, 1.807) is 0 Å². The molecule has 0 radical (unpaired) electrons. The van der Waals surface area contributed by atoms with E-state index < -0.39 is 91.5 Å². The average Bonchev–Trinajstić information content (AvgIpc) is 0.899. The van der Waals surface area contributed by atoms with E-state index in [-0.39, 0.29) is 19.3 Å². The van der Waals surface area contributed by atoms with Gasteiger partial charge in [0.25, 0.3) is 0 Å². The van der Waals surface area contributed by atoms with Crippen molar-refractivity contribution >= 4 is 33.6 Å². The number of ether oxygens (including phenoxy) is 3. The largest absolute Gasteiger partial charge is 0.472 e. The molecule has 16 nitrogen and oxygen atoms in total. The Balaban J connectivity index is 4.58. The minimum atomic E-state index is -4.96. The number of hydrogen-bond donors (Lipinski definition) is 4. The summed E-state index contributed by atoms with van der Waals surface area (Å²) in [4.78, 5) is 59.2. The van der Waals surface area contributed by atoms with Crippen LogP contribution in [0.3, 0.4) is 0 Å². The maximum absolute atomic E-state index is 13.1. The molecule has 0 aromatic heterocycles. The van der Waals surface area contributed by atoms with Gasteiger partial charge in [-0.25, -0.2) is 9.13 Å². The lowest BCUT2D eigenvalue weighted by Crippen LogP contribution is -2.30. The molecule has 0 rings (SSSR count). The van der Waals surface area contributed by atoms with Gasteiger partial charge >= 0.3 is 33.6 Å². The predicted molar refractivity (Wildman–Crippen MR) is 537 cm³/mol. The Hall–Kier alpha value is -5.61. The normalized spacial score (nSPS) is 14.5. The van der Waals surface area contributed by atoms with E-state index in [4.69, 9.17) is 32.3 Å². The molecule has 5 atom stereocenters. The molecule has 0 aromatic rings. The third-order valence-electron chi connectivity index (χ3n) is 21.3. The molecule has 0 aromatic carbocycles. The van der Waals surface area contributed by atoms with E-state index in [1.807, 2.05) is 0 Å². The maximum atomic E-state index is 13.1. The van der Waals surface area contributed by atoms with Gasteiger partial charge in [0.05, 0.1) is 26.4 Å². The summed E-state index contributed by atoms with van der Waals surface area (Å²) in [6, 6.07) is 0. The number of phosphoric acid groups is 2. The lowest BCUT2D eigenvalue weighted by molar-refractivity contribution is -0.161. The second-order valence-corrected chi connectivity index (χ2v) is 36.4. The zero-order valence-corrected chi connectivity index (χ0v) is 82.2. The first-order valence-corrected chi connectivity index (χ1v) is 53.7. The van der Waals surface area contributed by atoms with Crippen LogP contribution in [0.15, 0.2) is 194 Å². The number of carbonyl (C=O) groups excluding carboxylic acids is 3. The van der Waals surface area contributed by atoms with Crippen LogP contribution >= 0.6 is 15.6 Å². The zero-order valence-electron chi connectivity index (χ0n) is 80.4. The summed E-state index contributed by atoms with van der Waals surface area (Å²) >= 11 is 0. The molecule has 0 aliphatic carbocycles. The number of aliphatic hydroxyl groups excluding tert-OH is 2. The van der Waals surface area contributed by atoms with E-state index >= 15 is 0 Å². The molecule has 4 N–H and O–H groups in total. The van der Waals surface area contributed by atoms with Crippen LogP contribution in [-0.4, -0.2) is 95.9 Å². The van der Waals surface area contributed by atoms with Crippen LogP contribution in [0.25, 0.3) is 0 Å². The molecule has 127 heavy (non-hydrogen) atoms. The van der Waals surface area contributed by atoms with Crippen molar-refractivity contribution in [2.75, 3.05) is 39.6 Å². The Morgan fingerprint density at radius 2 is 0.417 bits per heavy atom. The van der Waals surface area contributed by atoms with Crippen molar-refractivity contribution in [1.29, 1.82) is 0 Å². The molecule has 0 aliphatic heterocycles. The number of allylic oxidation sites excluding steroid dienone is 32. The van der Waals surface area contributed by atoms with Crippen molar-refractivity contribution in [3.8, 4) is 0 Å². The summed E-state index contributed by atoms with van der Waals surface area (Å²) in [5.74, 6) is -1.59. The smallest absolute Gasteiger partial charge is 0.463 e. The van der Waals surface area contributed by atoms with E-state index in [0.717, 1.165) is 161 Å². The van der Waals surface area contributed by atoms with Crippen molar-refractivity contribution in [3.63, 3.8) is 0 Å². The van der Waals surface area contributed by atoms with Crippen LogP contribution in [0.5, 0.6) is 0 Å². The predicted octanol–water partition coefficient (Wildman–Crippen LogP) is 32.1. The zero-order chi connectivity index (χ0) is 92.1. The number of rotatable bonds is 95. The van der Waals surface area contributed by atoms with Crippen LogP contribution in [0.2, 0.25) is 0 Å². The Labute approximate surface area is 776 Å². The SMILES string of the molecule is CC/C=C\C/C=C\C/C=C\C/C=C\C/C=C\C/C=C\CCCCCCCCCCCCCCCCCCC(=O)OCC(O)COP(=O)(O)OCC(O)COP(=O)(O)OCC(COC(=O)CCCCCCCCCCCCCCCCCCC/C=C\C/C=C\C/C=C\C/C=C\CCCCC)OC(=O)CCCCCC/C=C\C/C=C\C/C=C\C/C=C\C/C=C\C/C=C\CC. The Morgan fingerprint density at radius 1 is 0.228 bits per heavy atom. The number of unbranched alkanes of at least 4 members (excludes halogenated alkanes) is 40. The Morgan fingerprint density at radius 3 is 0.661 bits per heavy atom. The second kappa shape index (κ2) is 99.4. The van der Waals surface area contributed by atoms with Gasteiger partial charge in [-0.2, -0.15) is 0 Å². The van der Waals surface area contributed by atoms with Gasteiger partial charge in [-0.15, -0.1) is 0 Å². The summed E-state index contributed by atoms with van der Waals surface area (Å²) in [6.45, 7) is 2.45. The highest BCUT2D eigenvalue weighted by atomic mass is 31.2. The number of carbonyl (C=O) groups is 3. The molecule has 726 valence electrons. The van der Waals surface area contributed by atoms with Gasteiger partial charge in [-0.05, 0) is 167 Å². The van der Waals surface area contributed by atoms with Gasteiger partial charge in [0.15, 0.2) is 6.10 Å². The summed E-state index contributed by atoms with van der Waals surface area (Å²) in [6.07, 6.45) is 134. The van der Waals surface area contributed by atoms with Crippen LogP contribution in [0.4, 0.5) is 0 Å². The highest BCUT2D eigenvalue weighted by Gasteiger charge is 2.30. The highest BCUT2D eigenvalue weighted by Crippen LogP contribution is 2.45. The fourth-order valence-corrected chi connectivity index (χ4v) is 15.3. The maximum Gasteiger partial charge on any atom is 0.472 e. The molecule has 0 aliphatic rings. The molecule has 0 heterocycles. The Bertz CT molecular complexity index is 3090. The number of esters is 3. The molecular weight excluding hydrogens is 1630 g/mol. The lowest BCUT2D eigenvalue weighted by atomic mass is 10.0. The standard InChI is InChI=1S/C109H184O16P2/c1-4-7-10-13-16-19-22-25-28-31-34-37-40-42-44-46-48-50-51-53-55-56-58-60-63-65-68-71-74-77-80-83-86-89-92-95-107(112)119-98-104(110)99-121-126(115,116)122-100-105(111)101-123-127(117,118)124-103-106(125-109(114)97-94-91-88-85-82-79-76-73-70-67-62-39-36-33-30-27-24-21-18-15-12-9-6-3)102-120-108(113)96-93-90-87-84-81-78-75-72-69-66-64-61-59-57-54-52-49-47-45-43-41-38-35-32-29-26-23-20-17-14-11-8-5-2/h7,9-10,12,16-21,25-30,34-39,42-45,48,50,67,70,76,79,104-106,110-111H,4-6,8,11,13-15,22-24,31-33,40-41,46-47,49,51-66,68-69,71-75,77-78,80-103H2,1-3H3,(H,115,116)(H,117,118)/b10-7-,12-9-,19-16-,20-17-,21-18-,28-25-,29-26-,30-27-,37-34-,38-35-,39-36-,44-42-,45-43-,50-48-,70-67-,79-76-. The molecule has 0 amide bonds. The van der Waals surface area contributed by atoms with Gasteiger partial charge in [0, 0.05) is 19.3 Å². The summed E-state index contributed by atoms with van der Waals surface area (Å²) in [7, 11) is -9.83. The third kappa shape index (κ3) is 101. The summed E-state index contributed by atoms with van der Waals surface area (Å²) < 4.78 is 61.6. The fourth-order valence-electron chi connectivity index (χ4n) is 13.7. The van der Waals surface area contributed by atoms with Crippen molar-refractivity contribution < 1.29 is 75.8 Å². The molecular formula is C109H184O16P2. The monoisotopic (exact) mass is 1810 g/mol. The Kier molecular flexibility index (Phi) is 95.0. The molecule has 18 heteroatoms. The fraction of sp³-hybridized carbons (Fsp3) is 0.679.